The van der Waals surface area contributed by atoms with E-state index in [4.69, 9.17) is 20.5 Å². The lowest BCUT2D eigenvalue weighted by Crippen LogP contribution is -2.30. The summed E-state index contributed by atoms with van der Waals surface area (Å²) in [4.78, 5) is 14.6. The summed E-state index contributed by atoms with van der Waals surface area (Å²) in [5.74, 6) is 1.21. The van der Waals surface area contributed by atoms with Gasteiger partial charge in [-0.15, -0.1) is 0 Å². The molecule has 1 saturated heterocycles. The first-order valence-electron chi connectivity index (χ1n) is 7.79. The van der Waals surface area contributed by atoms with Gasteiger partial charge in [0.15, 0.2) is 11.5 Å². The predicted molar refractivity (Wildman–Crippen MR) is 88.7 cm³/mol. The van der Waals surface area contributed by atoms with Gasteiger partial charge in [0, 0.05) is 23.2 Å². The highest BCUT2D eigenvalue weighted by Gasteiger charge is 2.33. The topological polar surface area (TPSA) is 59.5 Å². The van der Waals surface area contributed by atoms with Gasteiger partial charge in [-0.25, -0.2) is 0 Å². The quantitative estimate of drug-likeness (QED) is 0.699. The molecule has 0 aliphatic carbocycles. The van der Waals surface area contributed by atoms with E-state index in [1.54, 1.807) is 29.4 Å². The third kappa shape index (κ3) is 2.71. The highest BCUT2D eigenvalue weighted by Crippen LogP contribution is 2.33. The minimum atomic E-state index is -0.141. The number of furan rings is 1. The molecule has 5 nitrogen and oxygen atoms in total. The number of hydrogen-bond donors (Lipinski definition) is 0. The summed E-state index contributed by atoms with van der Waals surface area (Å²) in [5, 5.41) is 4.59. The molecular formula is C18H15ClN2O3. The van der Waals surface area contributed by atoms with Crippen LogP contribution < -0.4 is 0 Å². The minimum absolute atomic E-state index is 0.0387. The average Bonchev–Trinajstić information content (AvgIpc) is 3.34. The van der Waals surface area contributed by atoms with Crippen LogP contribution in [-0.2, 0) is 0 Å². The van der Waals surface area contributed by atoms with Gasteiger partial charge in [0.2, 0.25) is 0 Å². The lowest BCUT2D eigenvalue weighted by atomic mass is 10.1. The highest BCUT2D eigenvalue weighted by atomic mass is 35.5. The van der Waals surface area contributed by atoms with E-state index in [-0.39, 0.29) is 11.9 Å². The lowest BCUT2D eigenvalue weighted by Gasteiger charge is -2.21. The first kappa shape index (κ1) is 15.0. The summed E-state index contributed by atoms with van der Waals surface area (Å²) in [6.45, 7) is 0.688. The number of nitrogens with zero attached hydrogens (tertiary/aromatic N) is 2. The monoisotopic (exact) mass is 342 g/mol. The molecule has 122 valence electrons. The number of aromatic nitrogens is 1. The number of carbonyl (C=O) groups is 1. The van der Waals surface area contributed by atoms with E-state index in [2.05, 4.69) is 5.16 Å². The molecule has 6 heteroatoms. The van der Waals surface area contributed by atoms with Crippen molar-refractivity contribution in [2.75, 3.05) is 6.54 Å². The van der Waals surface area contributed by atoms with Crippen molar-refractivity contribution in [2.45, 2.75) is 18.9 Å². The van der Waals surface area contributed by atoms with Crippen molar-refractivity contribution in [2.24, 2.45) is 0 Å². The summed E-state index contributed by atoms with van der Waals surface area (Å²) in [6, 6.07) is 12.6. The van der Waals surface area contributed by atoms with Gasteiger partial charge in [-0.3, -0.25) is 4.79 Å². The molecule has 0 N–H and O–H groups in total. The summed E-state index contributed by atoms with van der Waals surface area (Å²) in [6.07, 6.45) is 3.46. The molecule has 1 amide bonds. The van der Waals surface area contributed by atoms with Crippen LogP contribution in [0.25, 0.3) is 11.3 Å². The van der Waals surface area contributed by atoms with Gasteiger partial charge in [0.1, 0.15) is 5.76 Å². The summed E-state index contributed by atoms with van der Waals surface area (Å²) in [7, 11) is 0. The molecule has 0 spiro atoms. The number of halogens is 1. The summed E-state index contributed by atoms with van der Waals surface area (Å²) in [5.41, 5.74) is 1.13. The number of carbonyl (C=O) groups excluding carboxylic acids is 1. The molecule has 1 aromatic carbocycles. The van der Waals surface area contributed by atoms with Crippen LogP contribution in [0.2, 0.25) is 5.02 Å². The Hall–Kier alpha value is -2.53. The van der Waals surface area contributed by atoms with Gasteiger partial charge in [0.05, 0.1) is 12.3 Å². The Morgan fingerprint density at radius 2 is 2.08 bits per heavy atom. The van der Waals surface area contributed by atoms with Crippen LogP contribution in [0.3, 0.4) is 0 Å². The Bertz CT molecular complexity index is 840. The van der Waals surface area contributed by atoms with Gasteiger partial charge in [-0.2, -0.15) is 0 Å². The highest BCUT2D eigenvalue weighted by molar-refractivity contribution is 6.30. The van der Waals surface area contributed by atoms with Crippen LogP contribution in [-0.4, -0.2) is 22.5 Å². The van der Waals surface area contributed by atoms with Crippen molar-refractivity contribution in [1.82, 2.24) is 10.1 Å². The smallest absolute Gasteiger partial charge is 0.276 e. The zero-order valence-corrected chi connectivity index (χ0v) is 13.6. The summed E-state index contributed by atoms with van der Waals surface area (Å²) < 4.78 is 10.8. The maximum absolute atomic E-state index is 12.8. The molecule has 1 atom stereocenters. The van der Waals surface area contributed by atoms with E-state index >= 15 is 0 Å². The lowest BCUT2D eigenvalue weighted by molar-refractivity contribution is 0.0709. The predicted octanol–water partition coefficient (Wildman–Crippen LogP) is 4.57. The van der Waals surface area contributed by atoms with Crippen LogP contribution in [0.15, 0.2) is 57.7 Å². The molecule has 0 unspecified atom stereocenters. The Balaban J connectivity index is 1.57. The second-order valence-corrected chi connectivity index (χ2v) is 6.19. The van der Waals surface area contributed by atoms with E-state index < -0.39 is 0 Å². The molecule has 0 radical (unpaired) electrons. The normalized spacial score (nSPS) is 17.4. The zero-order chi connectivity index (χ0) is 16.5. The van der Waals surface area contributed by atoms with Gasteiger partial charge in [0.25, 0.3) is 5.91 Å². The van der Waals surface area contributed by atoms with Gasteiger partial charge >= 0.3 is 0 Å². The molecule has 1 aliphatic heterocycles. The number of amides is 1. The molecule has 1 fully saturated rings. The van der Waals surface area contributed by atoms with Crippen LogP contribution in [0, 0.1) is 0 Å². The molecule has 3 heterocycles. The van der Waals surface area contributed by atoms with Crippen LogP contribution in [0.5, 0.6) is 0 Å². The molecule has 2 aromatic heterocycles. The second kappa shape index (κ2) is 6.17. The molecule has 3 aromatic rings. The third-order valence-electron chi connectivity index (χ3n) is 4.24. The fourth-order valence-corrected chi connectivity index (χ4v) is 3.19. The van der Waals surface area contributed by atoms with Crippen molar-refractivity contribution < 1.29 is 13.7 Å². The average molecular weight is 343 g/mol. The van der Waals surface area contributed by atoms with E-state index in [1.165, 1.54) is 0 Å². The van der Waals surface area contributed by atoms with Gasteiger partial charge in [-0.05, 0) is 49.2 Å². The molecule has 0 saturated carbocycles. The first-order chi connectivity index (χ1) is 11.7. The van der Waals surface area contributed by atoms with Gasteiger partial charge in [-0.1, -0.05) is 16.8 Å². The van der Waals surface area contributed by atoms with Crippen LogP contribution >= 0.6 is 11.6 Å². The third-order valence-corrected chi connectivity index (χ3v) is 4.50. The van der Waals surface area contributed by atoms with Gasteiger partial charge < -0.3 is 13.8 Å². The number of hydrogen-bond acceptors (Lipinski definition) is 4. The van der Waals surface area contributed by atoms with Crippen molar-refractivity contribution in [3.63, 3.8) is 0 Å². The fourth-order valence-electron chi connectivity index (χ4n) is 3.06. The standard InChI is InChI=1S/C18H15ClN2O3/c19-13-7-5-12(6-8-13)17-11-14(20-24-17)18(22)21-9-1-3-15(21)16-4-2-10-23-16/h2,4-8,10-11,15H,1,3,9H2/t15-/m1/s1. The Labute approximate surface area is 143 Å². The van der Waals surface area contributed by atoms with Crippen LogP contribution in [0.1, 0.15) is 35.1 Å². The van der Waals surface area contributed by atoms with E-state index in [9.17, 15) is 4.79 Å². The van der Waals surface area contributed by atoms with Crippen molar-refractivity contribution in [3.8, 4) is 11.3 Å². The first-order valence-corrected chi connectivity index (χ1v) is 8.17. The zero-order valence-electron chi connectivity index (χ0n) is 12.8. The fraction of sp³-hybridized carbons (Fsp3) is 0.222. The maximum atomic E-state index is 12.8. The Morgan fingerprint density at radius 1 is 1.25 bits per heavy atom. The number of benzene rings is 1. The molecule has 24 heavy (non-hydrogen) atoms. The van der Waals surface area contributed by atoms with Crippen molar-refractivity contribution in [1.29, 1.82) is 0 Å². The maximum Gasteiger partial charge on any atom is 0.276 e. The molecular weight excluding hydrogens is 328 g/mol. The second-order valence-electron chi connectivity index (χ2n) is 5.76. The molecule has 0 bridgehead atoms. The number of rotatable bonds is 3. The SMILES string of the molecule is O=C(c1cc(-c2ccc(Cl)cc2)on1)N1CCC[C@@H]1c1ccco1. The Morgan fingerprint density at radius 3 is 2.83 bits per heavy atom. The van der Waals surface area contributed by atoms with Crippen LogP contribution in [0.4, 0.5) is 0 Å². The largest absolute Gasteiger partial charge is 0.467 e. The molecule has 4 rings (SSSR count). The van der Waals surface area contributed by atoms with E-state index in [1.807, 2.05) is 24.3 Å². The minimum Gasteiger partial charge on any atom is -0.467 e. The summed E-state index contributed by atoms with van der Waals surface area (Å²) >= 11 is 5.89. The molecule has 1 aliphatic rings. The Kier molecular flexibility index (Phi) is 3.86. The van der Waals surface area contributed by atoms with Crippen molar-refractivity contribution >= 4 is 17.5 Å². The van der Waals surface area contributed by atoms with E-state index in [0.717, 1.165) is 24.2 Å². The van der Waals surface area contributed by atoms with Crippen molar-refractivity contribution in [3.05, 3.63) is 65.2 Å². The number of likely N-dealkylation sites (tertiary alicyclic amines) is 1. The van der Waals surface area contributed by atoms with E-state index in [0.29, 0.717) is 23.0 Å².